The summed E-state index contributed by atoms with van der Waals surface area (Å²) < 4.78 is 10.6. The minimum absolute atomic E-state index is 0.00764. The van der Waals surface area contributed by atoms with E-state index in [9.17, 15) is 4.79 Å². The molecule has 0 radical (unpaired) electrons. The van der Waals surface area contributed by atoms with Gasteiger partial charge in [-0.05, 0) is 50.8 Å². The van der Waals surface area contributed by atoms with E-state index in [0.717, 1.165) is 24.4 Å². The van der Waals surface area contributed by atoms with Gasteiger partial charge in [0.05, 0.1) is 0 Å². The molecule has 2 aliphatic rings. The molecule has 5 nitrogen and oxygen atoms in total. The first-order valence-electron chi connectivity index (χ1n) is 8.39. The minimum atomic E-state index is 0.00764. The summed E-state index contributed by atoms with van der Waals surface area (Å²) in [6, 6.07) is 5.44. The number of carbonyl (C=O) groups is 1. The van der Waals surface area contributed by atoms with E-state index in [2.05, 4.69) is 16.7 Å². The quantitative estimate of drug-likeness (QED) is 0.599. The summed E-state index contributed by atoms with van der Waals surface area (Å²) in [7, 11) is 0. The number of ether oxygens (including phenoxy) is 2. The van der Waals surface area contributed by atoms with Gasteiger partial charge in [0, 0.05) is 24.7 Å². The Labute approximate surface area is 137 Å². The fourth-order valence-corrected chi connectivity index (χ4v) is 2.91. The molecule has 0 unspecified atom stereocenters. The van der Waals surface area contributed by atoms with Crippen molar-refractivity contribution in [3.8, 4) is 11.5 Å². The van der Waals surface area contributed by atoms with E-state index in [1.54, 1.807) is 11.6 Å². The first-order valence-corrected chi connectivity index (χ1v) is 8.39. The van der Waals surface area contributed by atoms with E-state index in [4.69, 9.17) is 9.47 Å². The van der Waals surface area contributed by atoms with Crippen molar-refractivity contribution in [2.24, 2.45) is 0 Å². The molecule has 0 aromatic heterocycles. The maximum atomic E-state index is 11.9. The third kappa shape index (κ3) is 4.73. The number of benzene rings is 1. The molecule has 124 valence electrons. The van der Waals surface area contributed by atoms with Crippen molar-refractivity contribution in [2.45, 2.75) is 38.5 Å². The highest BCUT2D eigenvalue weighted by Gasteiger charge is 2.14. The number of nitrogens with one attached hydrogen (secondary N) is 2. The van der Waals surface area contributed by atoms with Crippen LogP contribution in [-0.2, 0) is 4.79 Å². The molecule has 1 amide bonds. The van der Waals surface area contributed by atoms with E-state index >= 15 is 0 Å². The first kappa shape index (κ1) is 15.9. The Morgan fingerprint density at radius 1 is 1.13 bits per heavy atom. The number of rotatable bonds is 7. The number of hydrogen-bond donors (Lipinski definition) is 2. The molecule has 2 N–H and O–H groups in total. The lowest BCUT2D eigenvalue weighted by molar-refractivity contribution is -0.116. The SMILES string of the molecule is O=C(CCNCCC1=CCCCC1)Nc1ccc2c(c1)OCO2. The van der Waals surface area contributed by atoms with Crippen LogP contribution in [0.25, 0.3) is 0 Å². The van der Waals surface area contributed by atoms with Crippen LogP contribution in [0.1, 0.15) is 38.5 Å². The Balaban J connectivity index is 1.32. The lowest BCUT2D eigenvalue weighted by Crippen LogP contribution is -2.23. The smallest absolute Gasteiger partial charge is 0.231 e. The molecule has 0 atom stereocenters. The van der Waals surface area contributed by atoms with Gasteiger partial charge in [0.2, 0.25) is 12.7 Å². The summed E-state index contributed by atoms with van der Waals surface area (Å²) in [5.41, 5.74) is 2.31. The summed E-state index contributed by atoms with van der Waals surface area (Å²) in [6.45, 7) is 1.89. The van der Waals surface area contributed by atoms with Crippen LogP contribution in [0.4, 0.5) is 5.69 Å². The number of hydrogen-bond acceptors (Lipinski definition) is 4. The average Bonchev–Trinajstić information content (AvgIpc) is 3.03. The van der Waals surface area contributed by atoms with E-state index in [1.807, 2.05) is 12.1 Å². The van der Waals surface area contributed by atoms with Crippen LogP contribution in [0.15, 0.2) is 29.8 Å². The predicted octanol–water partition coefficient (Wildman–Crippen LogP) is 3.22. The van der Waals surface area contributed by atoms with Gasteiger partial charge in [-0.3, -0.25) is 4.79 Å². The van der Waals surface area contributed by atoms with Gasteiger partial charge in [-0.15, -0.1) is 0 Å². The molecular weight excluding hydrogens is 292 g/mol. The lowest BCUT2D eigenvalue weighted by atomic mass is 9.97. The summed E-state index contributed by atoms with van der Waals surface area (Å²) in [4.78, 5) is 11.9. The summed E-state index contributed by atoms with van der Waals surface area (Å²) >= 11 is 0. The molecule has 1 heterocycles. The topological polar surface area (TPSA) is 59.6 Å². The van der Waals surface area contributed by atoms with E-state index in [-0.39, 0.29) is 12.7 Å². The molecule has 0 fully saturated rings. The molecule has 0 spiro atoms. The van der Waals surface area contributed by atoms with Gasteiger partial charge >= 0.3 is 0 Å². The number of anilines is 1. The zero-order valence-corrected chi connectivity index (χ0v) is 13.4. The van der Waals surface area contributed by atoms with Gasteiger partial charge < -0.3 is 20.1 Å². The Morgan fingerprint density at radius 3 is 2.91 bits per heavy atom. The molecule has 0 saturated heterocycles. The molecule has 1 aromatic carbocycles. The van der Waals surface area contributed by atoms with Gasteiger partial charge in [-0.1, -0.05) is 11.6 Å². The molecule has 5 heteroatoms. The van der Waals surface area contributed by atoms with Crippen molar-refractivity contribution in [2.75, 3.05) is 25.2 Å². The number of amides is 1. The molecule has 3 rings (SSSR count). The number of fused-ring (bicyclic) bond motifs is 1. The van der Waals surface area contributed by atoms with E-state index < -0.39 is 0 Å². The van der Waals surface area contributed by atoms with Gasteiger partial charge in [-0.25, -0.2) is 0 Å². The summed E-state index contributed by atoms with van der Waals surface area (Å²) in [6.07, 6.45) is 9.06. The number of allylic oxidation sites excluding steroid dienone is 1. The van der Waals surface area contributed by atoms with Gasteiger partial charge in [-0.2, -0.15) is 0 Å². The third-order valence-corrected chi connectivity index (χ3v) is 4.19. The van der Waals surface area contributed by atoms with Crippen molar-refractivity contribution in [1.82, 2.24) is 5.32 Å². The van der Waals surface area contributed by atoms with E-state index in [0.29, 0.717) is 18.7 Å². The average molecular weight is 316 g/mol. The standard InChI is InChI=1S/C18H24N2O3/c21-18(9-11-19-10-8-14-4-2-1-3-5-14)20-15-6-7-16-17(12-15)23-13-22-16/h4,6-7,12,19H,1-3,5,8-11,13H2,(H,20,21). The second kappa shape index (κ2) is 8.02. The van der Waals surface area contributed by atoms with Crippen LogP contribution < -0.4 is 20.1 Å². The monoisotopic (exact) mass is 316 g/mol. The summed E-state index contributed by atoms with van der Waals surface area (Å²) in [5, 5.41) is 6.23. The molecule has 1 aliphatic heterocycles. The maximum Gasteiger partial charge on any atom is 0.231 e. The molecule has 23 heavy (non-hydrogen) atoms. The molecule has 1 aromatic rings. The largest absolute Gasteiger partial charge is 0.454 e. The van der Waals surface area contributed by atoms with Crippen molar-refractivity contribution in [3.05, 3.63) is 29.8 Å². The Kier molecular flexibility index (Phi) is 5.53. The highest BCUT2D eigenvalue weighted by atomic mass is 16.7. The zero-order chi connectivity index (χ0) is 15.9. The van der Waals surface area contributed by atoms with Crippen LogP contribution >= 0.6 is 0 Å². The molecule has 1 aliphatic carbocycles. The summed E-state index contributed by atoms with van der Waals surface area (Å²) in [5.74, 6) is 1.41. The Hall–Kier alpha value is -2.01. The third-order valence-electron chi connectivity index (χ3n) is 4.19. The number of carbonyl (C=O) groups excluding carboxylic acids is 1. The van der Waals surface area contributed by atoms with Crippen LogP contribution in [0.5, 0.6) is 11.5 Å². The Morgan fingerprint density at radius 2 is 2.04 bits per heavy atom. The van der Waals surface area contributed by atoms with E-state index in [1.165, 1.54) is 25.7 Å². The molecular formula is C18H24N2O3. The lowest BCUT2D eigenvalue weighted by Gasteiger charge is -2.13. The van der Waals surface area contributed by atoms with Crippen molar-refractivity contribution in [1.29, 1.82) is 0 Å². The molecule has 0 saturated carbocycles. The second-order valence-electron chi connectivity index (χ2n) is 5.97. The fourth-order valence-electron chi connectivity index (χ4n) is 2.91. The van der Waals surface area contributed by atoms with Crippen LogP contribution in [0.2, 0.25) is 0 Å². The predicted molar refractivity (Wildman–Crippen MR) is 89.8 cm³/mol. The second-order valence-corrected chi connectivity index (χ2v) is 5.97. The maximum absolute atomic E-state index is 11.9. The zero-order valence-electron chi connectivity index (χ0n) is 13.4. The Bertz CT molecular complexity index is 584. The van der Waals surface area contributed by atoms with Gasteiger partial charge in [0.1, 0.15) is 0 Å². The van der Waals surface area contributed by atoms with Gasteiger partial charge in [0.15, 0.2) is 11.5 Å². The molecule has 0 bridgehead atoms. The van der Waals surface area contributed by atoms with Gasteiger partial charge in [0.25, 0.3) is 0 Å². The highest BCUT2D eigenvalue weighted by molar-refractivity contribution is 5.91. The fraction of sp³-hybridized carbons (Fsp3) is 0.500. The first-order chi connectivity index (χ1) is 11.3. The minimum Gasteiger partial charge on any atom is -0.454 e. The van der Waals surface area contributed by atoms with Crippen molar-refractivity contribution >= 4 is 11.6 Å². The van der Waals surface area contributed by atoms with Crippen LogP contribution in [0, 0.1) is 0 Å². The van der Waals surface area contributed by atoms with Crippen molar-refractivity contribution < 1.29 is 14.3 Å². The van der Waals surface area contributed by atoms with Crippen LogP contribution in [0.3, 0.4) is 0 Å². The highest BCUT2D eigenvalue weighted by Crippen LogP contribution is 2.34. The normalized spacial score (nSPS) is 16.1. The van der Waals surface area contributed by atoms with Crippen molar-refractivity contribution in [3.63, 3.8) is 0 Å². The van der Waals surface area contributed by atoms with Crippen LogP contribution in [-0.4, -0.2) is 25.8 Å².